The van der Waals surface area contributed by atoms with Gasteiger partial charge in [0, 0.05) is 39.3 Å². The Morgan fingerprint density at radius 2 is 1.04 bits per heavy atom. The molecule has 1 aliphatic heterocycles. The quantitative estimate of drug-likeness (QED) is 0.207. The van der Waals surface area contributed by atoms with Gasteiger partial charge in [-0.25, -0.2) is 29.0 Å². The van der Waals surface area contributed by atoms with Gasteiger partial charge in [0.15, 0.2) is 36.6 Å². The van der Waals surface area contributed by atoms with E-state index in [-0.39, 0.29) is 25.0 Å². The Labute approximate surface area is 311 Å². The summed E-state index contributed by atoms with van der Waals surface area (Å²) in [7, 11) is 0. The number of carbonyl (C=O) groups is 8. The molecule has 0 saturated carbocycles. The number of carbonyl (C=O) groups excluding carboxylic acids is 8. The lowest BCUT2D eigenvalue weighted by Crippen LogP contribution is -2.45. The van der Waals surface area contributed by atoms with E-state index in [1.807, 2.05) is 0 Å². The van der Waals surface area contributed by atoms with E-state index in [0.717, 1.165) is 27.7 Å². The Balaban J connectivity index is 1.56. The normalized spacial score (nSPS) is 16.7. The maximum absolute atomic E-state index is 13.5. The molecule has 19 nitrogen and oxygen atoms in total. The van der Waals surface area contributed by atoms with Crippen molar-refractivity contribution in [1.29, 1.82) is 0 Å². The van der Waals surface area contributed by atoms with Crippen molar-refractivity contribution in [3.8, 4) is 0 Å². The molecule has 0 spiro atoms. The van der Waals surface area contributed by atoms with Crippen LogP contribution < -0.4 is 0 Å². The van der Waals surface area contributed by atoms with Gasteiger partial charge in [-0.3, -0.25) is 34.2 Å². The van der Waals surface area contributed by atoms with Crippen molar-refractivity contribution in [1.82, 2.24) is 19.8 Å². The van der Waals surface area contributed by atoms with Gasteiger partial charge in [0.1, 0.15) is 5.52 Å². The Morgan fingerprint density at radius 1 is 0.623 bits per heavy atom. The van der Waals surface area contributed by atoms with Gasteiger partial charge in [0.2, 0.25) is 11.9 Å². The molecule has 1 aromatic carbocycles. The van der Waals surface area contributed by atoms with Crippen LogP contribution in [-0.4, -0.2) is 123 Å². The maximum atomic E-state index is 13.5. The summed E-state index contributed by atoms with van der Waals surface area (Å²) in [5.41, 5.74) is 1.45. The number of hydrogen-bond donors (Lipinski definition) is 0. The Kier molecular flexibility index (Phi) is 14.5. The summed E-state index contributed by atoms with van der Waals surface area (Å²) in [5.74, 6) is -7.46. The molecule has 2 aromatic rings. The van der Waals surface area contributed by atoms with Gasteiger partial charge in [0.05, 0.1) is 15.7 Å². The third-order valence-corrected chi connectivity index (χ3v) is 8.05. The number of hydrogen-bond acceptors (Lipinski definition) is 17. The van der Waals surface area contributed by atoms with Crippen LogP contribution in [0.25, 0.3) is 11.0 Å². The maximum Gasteiger partial charge on any atom is 0.347 e. The zero-order valence-corrected chi connectivity index (χ0v) is 31.6. The first-order chi connectivity index (χ1) is 24.8. The number of fused-ring (bicyclic) bond motifs is 1. The monoisotopic (exact) mass is 807 g/mol. The second kappa shape index (κ2) is 18.3. The average molecular weight is 809 g/mol. The Hall–Kier alpha value is -5.53. The molecular weight excluding hydrogens is 770 g/mol. The summed E-state index contributed by atoms with van der Waals surface area (Å²) in [6, 6.07) is 3.31. The van der Waals surface area contributed by atoms with E-state index in [1.54, 1.807) is 12.1 Å². The zero-order chi connectivity index (χ0) is 39.7. The van der Waals surface area contributed by atoms with Crippen LogP contribution in [0.2, 0.25) is 0 Å². The molecule has 286 valence electrons. The van der Waals surface area contributed by atoms with Gasteiger partial charge in [-0.1, -0.05) is 0 Å². The highest BCUT2D eigenvalue weighted by Crippen LogP contribution is 2.32. The molecule has 53 heavy (non-hydrogen) atoms. The third-order valence-electron chi connectivity index (χ3n) is 7.27. The summed E-state index contributed by atoms with van der Waals surface area (Å²) in [6.07, 6.45) is -5.87. The predicted molar refractivity (Wildman–Crippen MR) is 182 cm³/mol. The second-order valence-electron chi connectivity index (χ2n) is 11.5. The molecule has 0 unspecified atom stereocenters. The van der Waals surface area contributed by atoms with Crippen molar-refractivity contribution >= 4 is 86.2 Å². The number of amides is 2. The molecule has 20 heteroatoms. The SMILES string of the molecule is CC(=O)O[C@@H](C)C(=O)O[C@@H](C)C(=O)O[C@@H](C)C(=O)O[C@@H](C)C(=O)O[C@@H](C)C(=O)O[C@@H](C)C(=O)N1CCN(C(C)=O)/C1=N/c1ccc2nccnc2c1Br. The molecule has 3 rings (SSSR count). The lowest BCUT2D eigenvalue weighted by atomic mass is 10.2. The van der Waals surface area contributed by atoms with Crippen LogP contribution >= 0.6 is 15.9 Å². The number of ether oxygens (including phenoxy) is 6. The summed E-state index contributed by atoms with van der Waals surface area (Å²) < 4.78 is 30.2. The minimum atomic E-state index is -1.58. The van der Waals surface area contributed by atoms with Gasteiger partial charge in [-0.05, 0) is 69.6 Å². The fourth-order valence-electron chi connectivity index (χ4n) is 4.47. The van der Waals surface area contributed by atoms with Gasteiger partial charge >= 0.3 is 35.8 Å². The molecule has 0 aliphatic carbocycles. The largest absolute Gasteiger partial charge is 0.451 e. The van der Waals surface area contributed by atoms with Crippen LogP contribution in [0, 0.1) is 0 Å². The third kappa shape index (κ3) is 11.0. The van der Waals surface area contributed by atoms with Crippen LogP contribution in [0.1, 0.15) is 55.4 Å². The number of nitrogens with zero attached hydrogens (tertiary/aromatic N) is 5. The summed E-state index contributed by atoms with van der Waals surface area (Å²) >= 11 is 3.46. The number of rotatable bonds is 13. The van der Waals surface area contributed by atoms with Crippen LogP contribution in [0.15, 0.2) is 34.0 Å². The minimum absolute atomic E-state index is 0.00583. The molecule has 1 saturated heterocycles. The molecule has 1 aliphatic rings. The number of esters is 6. The van der Waals surface area contributed by atoms with Crippen LogP contribution in [0.4, 0.5) is 5.69 Å². The smallest absolute Gasteiger partial charge is 0.347 e. The molecule has 0 radical (unpaired) electrons. The van der Waals surface area contributed by atoms with Crippen molar-refractivity contribution in [3.63, 3.8) is 0 Å². The lowest BCUT2D eigenvalue weighted by Gasteiger charge is -2.24. The van der Waals surface area contributed by atoms with E-state index in [2.05, 4.69) is 35.6 Å². The number of benzene rings is 1. The average Bonchev–Trinajstić information content (AvgIpc) is 3.52. The standard InChI is InChI=1S/C33H38BrN5O14/c1-15(27(42)39-14-13-38(21(7)40)33(39)37-23-9-10-24-26(25(23)34)36-12-11-35-24)49-29(44)17(3)51-31(46)19(5)53-32(47)20(6)52-30(45)18(4)50-28(43)16(2)48-22(8)41/h9-12,15-20H,13-14H2,1-8H3/b37-33-/t15-,16-,17-,18-,19-,20-/m0/s1. The summed E-state index contributed by atoms with van der Waals surface area (Å²) in [6.45, 7) is 9.68. The van der Waals surface area contributed by atoms with Crippen molar-refractivity contribution < 1.29 is 66.8 Å². The van der Waals surface area contributed by atoms with Crippen molar-refractivity contribution in [2.24, 2.45) is 4.99 Å². The highest BCUT2D eigenvalue weighted by atomic mass is 79.9. The van der Waals surface area contributed by atoms with Crippen LogP contribution in [-0.2, 0) is 66.8 Å². The van der Waals surface area contributed by atoms with E-state index >= 15 is 0 Å². The molecule has 0 bridgehead atoms. The molecule has 1 fully saturated rings. The molecule has 1 aromatic heterocycles. The van der Waals surface area contributed by atoms with E-state index < -0.39 is 78.3 Å². The van der Waals surface area contributed by atoms with Crippen molar-refractivity contribution in [3.05, 3.63) is 29.0 Å². The fourth-order valence-corrected chi connectivity index (χ4v) is 5.00. The molecule has 6 atom stereocenters. The Morgan fingerprint density at radius 3 is 1.49 bits per heavy atom. The number of guanidine groups is 1. The topological polar surface area (TPSA) is 237 Å². The van der Waals surface area contributed by atoms with Crippen molar-refractivity contribution in [2.45, 2.75) is 92.0 Å². The highest BCUT2D eigenvalue weighted by molar-refractivity contribution is 9.10. The van der Waals surface area contributed by atoms with E-state index in [0.29, 0.717) is 21.2 Å². The zero-order valence-electron chi connectivity index (χ0n) is 30.0. The number of halogens is 1. The molecular formula is C33H38BrN5O14. The lowest BCUT2D eigenvalue weighted by molar-refractivity contribution is -0.187. The molecule has 2 heterocycles. The molecule has 2 amide bonds. The number of aromatic nitrogens is 2. The van der Waals surface area contributed by atoms with Crippen LogP contribution in [0.5, 0.6) is 0 Å². The summed E-state index contributed by atoms with van der Waals surface area (Å²) in [4.78, 5) is 115. The first-order valence-electron chi connectivity index (χ1n) is 16.1. The van der Waals surface area contributed by atoms with E-state index in [9.17, 15) is 38.4 Å². The molecule has 0 N–H and O–H groups in total. The Bertz CT molecular complexity index is 1820. The van der Waals surface area contributed by atoms with E-state index in [4.69, 9.17) is 23.7 Å². The summed E-state index contributed by atoms with van der Waals surface area (Å²) in [5, 5.41) is 0. The highest BCUT2D eigenvalue weighted by Gasteiger charge is 2.38. The van der Waals surface area contributed by atoms with Crippen molar-refractivity contribution in [2.75, 3.05) is 13.1 Å². The first kappa shape index (κ1) is 41.9. The predicted octanol–water partition coefficient (Wildman–Crippen LogP) is 1.68. The van der Waals surface area contributed by atoms with Crippen LogP contribution in [0.3, 0.4) is 0 Å². The second-order valence-corrected chi connectivity index (χ2v) is 12.3. The van der Waals surface area contributed by atoms with Gasteiger partial charge in [-0.2, -0.15) is 0 Å². The van der Waals surface area contributed by atoms with E-state index in [1.165, 1.54) is 49.9 Å². The van der Waals surface area contributed by atoms with Gasteiger partial charge < -0.3 is 28.4 Å². The minimum Gasteiger partial charge on any atom is -0.451 e. The first-order valence-corrected chi connectivity index (χ1v) is 16.9. The fraction of sp³-hybridized carbons (Fsp3) is 0.485. The number of aliphatic imine (C=N–C) groups is 1. The van der Waals surface area contributed by atoms with Gasteiger partial charge in [0.25, 0.3) is 5.91 Å². The van der Waals surface area contributed by atoms with Gasteiger partial charge in [-0.15, -0.1) is 0 Å².